The second-order valence-electron chi connectivity index (χ2n) is 5.95. The molecule has 126 valence electrons. The number of likely N-dealkylation sites (tertiary alicyclic amines) is 1. The minimum Gasteiger partial charge on any atom is -0.478 e. The summed E-state index contributed by atoms with van der Waals surface area (Å²) in [6.45, 7) is 1.74. The van der Waals surface area contributed by atoms with E-state index in [0.29, 0.717) is 13.1 Å². The molecule has 0 saturated carbocycles. The first-order valence-corrected chi connectivity index (χ1v) is 8.02. The van der Waals surface area contributed by atoms with Gasteiger partial charge in [-0.05, 0) is 42.7 Å². The van der Waals surface area contributed by atoms with Gasteiger partial charge in [0.05, 0.1) is 18.4 Å². The second-order valence-corrected chi connectivity index (χ2v) is 5.95. The van der Waals surface area contributed by atoms with Crippen LogP contribution in [-0.4, -0.2) is 35.1 Å². The molecular formula is C18H20N2O4. The molecule has 1 aromatic carbocycles. The predicted molar refractivity (Wildman–Crippen MR) is 87.9 cm³/mol. The molecule has 1 saturated heterocycles. The number of carboxylic acids is 1. The van der Waals surface area contributed by atoms with E-state index in [9.17, 15) is 9.59 Å². The maximum atomic E-state index is 12.3. The molecule has 24 heavy (non-hydrogen) atoms. The molecule has 2 amide bonds. The van der Waals surface area contributed by atoms with Crippen molar-refractivity contribution in [3.8, 4) is 0 Å². The van der Waals surface area contributed by atoms with Crippen molar-refractivity contribution in [2.24, 2.45) is 0 Å². The Kier molecular flexibility index (Phi) is 4.84. The van der Waals surface area contributed by atoms with Gasteiger partial charge >= 0.3 is 12.0 Å². The number of carbonyl (C=O) groups is 2. The SMILES string of the molecule is O=C(O)c1ccc(C2CCCN(C(=O)NCc3ccco3)C2)cc1. The monoisotopic (exact) mass is 328 g/mol. The number of aromatic carboxylic acids is 1. The molecule has 6 heteroatoms. The minimum atomic E-state index is -0.927. The van der Waals surface area contributed by atoms with Crippen molar-refractivity contribution in [1.82, 2.24) is 10.2 Å². The summed E-state index contributed by atoms with van der Waals surface area (Å²) in [7, 11) is 0. The van der Waals surface area contributed by atoms with Crippen LogP contribution in [0.4, 0.5) is 4.79 Å². The maximum Gasteiger partial charge on any atom is 0.335 e. The van der Waals surface area contributed by atoms with Crippen molar-refractivity contribution in [2.75, 3.05) is 13.1 Å². The summed E-state index contributed by atoms with van der Waals surface area (Å²) in [4.78, 5) is 25.0. The molecule has 2 heterocycles. The number of hydrogen-bond donors (Lipinski definition) is 2. The zero-order valence-corrected chi connectivity index (χ0v) is 13.3. The van der Waals surface area contributed by atoms with Gasteiger partial charge < -0.3 is 19.7 Å². The average Bonchev–Trinajstić information content (AvgIpc) is 3.13. The Morgan fingerprint density at radius 1 is 1.25 bits per heavy atom. The fourth-order valence-corrected chi connectivity index (χ4v) is 3.02. The van der Waals surface area contributed by atoms with E-state index >= 15 is 0 Å². The summed E-state index contributed by atoms with van der Waals surface area (Å²) in [6, 6.07) is 10.4. The highest BCUT2D eigenvalue weighted by Crippen LogP contribution is 2.27. The molecule has 1 unspecified atom stereocenters. The molecule has 1 aliphatic heterocycles. The highest BCUT2D eigenvalue weighted by molar-refractivity contribution is 5.87. The van der Waals surface area contributed by atoms with E-state index in [1.165, 1.54) is 0 Å². The highest BCUT2D eigenvalue weighted by atomic mass is 16.4. The van der Waals surface area contributed by atoms with Crippen molar-refractivity contribution < 1.29 is 19.1 Å². The van der Waals surface area contributed by atoms with Gasteiger partial charge in [0.1, 0.15) is 5.76 Å². The van der Waals surface area contributed by atoms with E-state index in [1.807, 2.05) is 23.1 Å². The molecule has 1 fully saturated rings. The van der Waals surface area contributed by atoms with Gasteiger partial charge in [-0.2, -0.15) is 0 Å². The number of carboxylic acid groups (broad SMARTS) is 1. The van der Waals surface area contributed by atoms with E-state index in [0.717, 1.165) is 30.7 Å². The number of urea groups is 1. The predicted octanol–water partition coefficient (Wildman–Crippen LogP) is 3.07. The van der Waals surface area contributed by atoms with Crippen molar-refractivity contribution in [3.63, 3.8) is 0 Å². The average molecular weight is 328 g/mol. The number of benzene rings is 1. The van der Waals surface area contributed by atoms with Gasteiger partial charge in [-0.15, -0.1) is 0 Å². The summed E-state index contributed by atoms with van der Waals surface area (Å²) in [6.07, 6.45) is 3.51. The lowest BCUT2D eigenvalue weighted by Gasteiger charge is -2.33. The number of amides is 2. The Bertz CT molecular complexity index is 694. The molecule has 2 N–H and O–H groups in total. The normalized spacial score (nSPS) is 17.5. The Morgan fingerprint density at radius 3 is 2.71 bits per heavy atom. The Morgan fingerprint density at radius 2 is 2.04 bits per heavy atom. The number of furan rings is 1. The van der Waals surface area contributed by atoms with E-state index in [2.05, 4.69) is 5.32 Å². The van der Waals surface area contributed by atoms with Crippen LogP contribution in [0.3, 0.4) is 0 Å². The first-order chi connectivity index (χ1) is 11.6. The number of piperidine rings is 1. The zero-order valence-electron chi connectivity index (χ0n) is 13.3. The maximum absolute atomic E-state index is 12.3. The third-order valence-electron chi connectivity index (χ3n) is 4.33. The lowest BCUT2D eigenvalue weighted by molar-refractivity contribution is 0.0697. The summed E-state index contributed by atoms with van der Waals surface area (Å²) in [5.41, 5.74) is 1.35. The standard InChI is InChI=1S/C18H20N2O4/c21-17(22)14-7-5-13(6-8-14)15-3-1-9-20(12-15)18(23)19-11-16-4-2-10-24-16/h2,4-8,10,15H,1,3,9,11-12H2,(H,19,23)(H,21,22). The van der Waals surface area contributed by atoms with Crippen molar-refractivity contribution >= 4 is 12.0 Å². The minimum absolute atomic E-state index is 0.0988. The fraction of sp³-hybridized carbons (Fsp3) is 0.333. The number of rotatable bonds is 4. The molecule has 0 radical (unpaired) electrons. The van der Waals surface area contributed by atoms with Gasteiger partial charge in [-0.1, -0.05) is 12.1 Å². The molecule has 1 atom stereocenters. The van der Waals surface area contributed by atoms with Crippen LogP contribution in [0.25, 0.3) is 0 Å². The summed E-state index contributed by atoms with van der Waals surface area (Å²) in [5.74, 6) is 0.0289. The van der Waals surface area contributed by atoms with Crippen LogP contribution in [0.15, 0.2) is 47.1 Å². The first kappa shape index (κ1) is 16.1. The molecule has 1 aliphatic rings. The van der Waals surface area contributed by atoms with Crippen LogP contribution in [0.5, 0.6) is 0 Å². The van der Waals surface area contributed by atoms with E-state index in [4.69, 9.17) is 9.52 Å². The molecule has 1 aromatic heterocycles. The Balaban J connectivity index is 1.59. The van der Waals surface area contributed by atoms with Crippen LogP contribution >= 0.6 is 0 Å². The highest BCUT2D eigenvalue weighted by Gasteiger charge is 2.24. The third kappa shape index (κ3) is 3.76. The van der Waals surface area contributed by atoms with Gasteiger partial charge in [0.2, 0.25) is 0 Å². The quantitative estimate of drug-likeness (QED) is 0.903. The van der Waals surface area contributed by atoms with E-state index in [1.54, 1.807) is 24.5 Å². The molecular weight excluding hydrogens is 308 g/mol. The molecule has 0 bridgehead atoms. The van der Waals surface area contributed by atoms with Crippen molar-refractivity contribution in [3.05, 3.63) is 59.5 Å². The number of hydrogen-bond acceptors (Lipinski definition) is 3. The van der Waals surface area contributed by atoms with Crippen LogP contribution in [0.1, 0.15) is 40.4 Å². The third-order valence-corrected chi connectivity index (χ3v) is 4.33. The first-order valence-electron chi connectivity index (χ1n) is 8.02. The van der Waals surface area contributed by atoms with Gasteiger partial charge in [0.25, 0.3) is 0 Å². The summed E-state index contributed by atoms with van der Waals surface area (Å²) in [5, 5.41) is 11.8. The van der Waals surface area contributed by atoms with Gasteiger partial charge in [0, 0.05) is 19.0 Å². The largest absolute Gasteiger partial charge is 0.478 e. The Labute approximate surface area is 140 Å². The number of carbonyl (C=O) groups excluding carboxylic acids is 1. The van der Waals surface area contributed by atoms with E-state index < -0.39 is 5.97 Å². The molecule has 0 spiro atoms. The molecule has 3 rings (SSSR count). The van der Waals surface area contributed by atoms with Crippen LogP contribution < -0.4 is 5.32 Å². The zero-order chi connectivity index (χ0) is 16.9. The molecule has 2 aromatic rings. The van der Waals surface area contributed by atoms with Gasteiger partial charge in [-0.25, -0.2) is 9.59 Å². The van der Waals surface area contributed by atoms with Crippen LogP contribution in [0, 0.1) is 0 Å². The molecule has 6 nitrogen and oxygen atoms in total. The lowest BCUT2D eigenvalue weighted by Crippen LogP contribution is -2.44. The summed E-state index contributed by atoms with van der Waals surface area (Å²) < 4.78 is 5.21. The van der Waals surface area contributed by atoms with Crippen molar-refractivity contribution in [2.45, 2.75) is 25.3 Å². The summed E-state index contributed by atoms with van der Waals surface area (Å²) >= 11 is 0. The van der Waals surface area contributed by atoms with Gasteiger partial charge in [-0.3, -0.25) is 0 Å². The van der Waals surface area contributed by atoms with Gasteiger partial charge in [0.15, 0.2) is 0 Å². The second kappa shape index (κ2) is 7.21. The fourth-order valence-electron chi connectivity index (χ4n) is 3.02. The number of nitrogens with one attached hydrogen (secondary N) is 1. The Hall–Kier alpha value is -2.76. The number of nitrogens with zero attached hydrogens (tertiary/aromatic N) is 1. The molecule has 0 aliphatic carbocycles. The van der Waals surface area contributed by atoms with Crippen molar-refractivity contribution in [1.29, 1.82) is 0 Å². The lowest BCUT2D eigenvalue weighted by atomic mass is 9.90. The smallest absolute Gasteiger partial charge is 0.335 e. The topological polar surface area (TPSA) is 82.8 Å². The van der Waals surface area contributed by atoms with E-state index in [-0.39, 0.29) is 17.5 Å². The van der Waals surface area contributed by atoms with Crippen LogP contribution in [-0.2, 0) is 6.54 Å². The van der Waals surface area contributed by atoms with Crippen LogP contribution in [0.2, 0.25) is 0 Å².